The number of aryl methyl sites for hydroxylation is 1. The molecule has 3 rings (SSSR count). The van der Waals surface area contributed by atoms with Gasteiger partial charge in [0.25, 0.3) is 11.7 Å². The van der Waals surface area contributed by atoms with Crippen LogP contribution in [0.1, 0.15) is 30.2 Å². The Labute approximate surface area is 130 Å². The van der Waals surface area contributed by atoms with E-state index in [1.165, 1.54) is 0 Å². The van der Waals surface area contributed by atoms with Crippen LogP contribution >= 0.6 is 0 Å². The van der Waals surface area contributed by atoms with Crippen molar-refractivity contribution in [2.75, 3.05) is 32.7 Å². The summed E-state index contributed by atoms with van der Waals surface area (Å²) < 4.78 is 1.61. The summed E-state index contributed by atoms with van der Waals surface area (Å²) in [7, 11) is 0. The molecule has 3 heterocycles. The predicted octanol–water partition coefficient (Wildman–Crippen LogP) is 0.847. The van der Waals surface area contributed by atoms with E-state index in [1.807, 2.05) is 17.9 Å². The number of amides is 1. The minimum Gasteiger partial charge on any atom is -0.333 e. The summed E-state index contributed by atoms with van der Waals surface area (Å²) in [5.74, 6) is 1.26. The lowest BCUT2D eigenvalue weighted by Crippen LogP contribution is -2.49. The van der Waals surface area contributed by atoms with Crippen LogP contribution < -0.4 is 0 Å². The number of rotatable bonds is 3. The van der Waals surface area contributed by atoms with Gasteiger partial charge in [-0.25, -0.2) is 9.50 Å². The zero-order valence-electron chi connectivity index (χ0n) is 13.4. The first kappa shape index (κ1) is 14.9. The number of carbonyl (C=O) groups is 1. The maximum Gasteiger partial charge on any atom is 0.293 e. The second-order valence-electron chi connectivity index (χ2n) is 6.22. The third-order valence-corrected chi connectivity index (χ3v) is 3.90. The van der Waals surface area contributed by atoms with Crippen LogP contribution in [0.5, 0.6) is 0 Å². The highest BCUT2D eigenvalue weighted by Crippen LogP contribution is 2.09. The Bertz CT molecular complexity index is 672. The van der Waals surface area contributed by atoms with Gasteiger partial charge in [-0.2, -0.15) is 4.98 Å². The Kier molecular flexibility index (Phi) is 4.06. The highest BCUT2D eigenvalue weighted by molar-refractivity contribution is 5.91. The van der Waals surface area contributed by atoms with Crippen LogP contribution in [0, 0.1) is 12.8 Å². The van der Waals surface area contributed by atoms with E-state index in [9.17, 15) is 4.79 Å². The third-order valence-electron chi connectivity index (χ3n) is 3.90. The van der Waals surface area contributed by atoms with Gasteiger partial charge in [-0.15, -0.1) is 5.10 Å². The van der Waals surface area contributed by atoms with Crippen molar-refractivity contribution >= 4 is 11.7 Å². The van der Waals surface area contributed by atoms with E-state index < -0.39 is 0 Å². The number of aromatic nitrogens is 4. The summed E-state index contributed by atoms with van der Waals surface area (Å²) in [4.78, 5) is 25.2. The van der Waals surface area contributed by atoms with Crippen molar-refractivity contribution in [2.45, 2.75) is 20.8 Å². The Hall–Kier alpha value is -2.02. The highest BCUT2D eigenvalue weighted by atomic mass is 16.2. The van der Waals surface area contributed by atoms with Gasteiger partial charge in [0.1, 0.15) is 0 Å². The molecule has 0 aromatic carbocycles. The molecule has 1 amide bonds. The second-order valence-corrected chi connectivity index (χ2v) is 6.22. The van der Waals surface area contributed by atoms with Crippen molar-refractivity contribution < 1.29 is 4.79 Å². The minimum atomic E-state index is -0.103. The molecular formula is C15H22N6O. The average molecular weight is 302 g/mol. The molecule has 7 heteroatoms. The molecule has 0 saturated carbocycles. The van der Waals surface area contributed by atoms with Gasteiger partial charge < -0.3 is 4.90 Å². The highest BCUT2D eigenvalue weighted by Gasteiger charge is 2.25. The molecule has 7 nitrogen and oxygen atoms in total. The van der Waals surface area contributed by atoms with Crippen LogP contribution in [0.4, 0.5) is 0 Å². The number of carbonyl (C=O) groups excluding carboxylic acids is 1. The fraction of sp³-hybridized carbons (Fsp3) is 0.600. The molecule has 0 aliphatic carbocycles. The first-order chi connectivity index (χ1) is 10.5. The average Bonchev–Trinajstić information content (AvgIpc) is 2.92. The van der Waals surface area contributed by atoms with E-state index in [-0.39, 0.29) is 11.7 Å². The van der Waals surface area contributed by atoms with Crippen molar-refractivity contribution in [3.05, 3.63) is 23.8 Å². The smallest absolute Gasteiger partial charge is 0.293 e. The number of piperazine rings is 1. The van der Waals surface area contributed by atoms with Crippen molar-refractivity contribution in [3.8, 4) is 0 Å². The van der Waals surface area contributed by atoms with Gasteiger partial charge >= 0.3 is 0 Å². The number of hydrogen-bond donors (Lipinski definition) is 0. The lowest BCUT2D eigenvalue weighted by molar-refractivity contribution is 0.0612. The molecule has 22 heavy (non-hydrogen) atoms. The van der Waals surface area contributed by atoms with E-state index in [0.29, 0.717) is 11.7 Å². The Morgan fingerprint density at radius 3 is 2.64 bits per heavy atom. The number of hydrogen-bond acceptors (Lipinski definition) is 5. The normalized spacial score (nSPS) is 16.6. The molecule has 1 aliphatic heterocycles. The van der Waals surface area contributed by atoms with Crippen LogP contribution in [0.25, 0.3) is 5.78 Å². The first-order valence-corrected chi connectivity index (χ1v) is 7.74. The lowest BCUT2D eigenvalue weighted by Gasteiger charge is -2.34. The summed E-state index contributed by atoms with van der Waals surface area (Å²) in [6.45, 7) is 10.7. The van der Waals surface area contributed by atoms with Crippen molar-refractivity contribution in [2.24, 2.45) is 5.92 Å². The molecule has 0 bridgehead atoms. The molecule has 0 atom stereocenters. The summed E-state index contributed by atoms with van der Waals surface area (Å²) in [5.41, 5.74) is 0.915. The van der Waals surface area contributed by atoms with Gasteiger partial charge in [0.05, 0.1) is 0 Å². The van der Waals surface area contributed by atoms with E-state index in [4.69, 9.17) is 0 Å². The summed E-state index contributed by atoms with van der Waals surface area (Å²) in [5, 5.41) is 4.29. The van der Waals surface area contributed by atoms with Gasteiger partial charge in [-0.05, 0) is 18.9 Å². The fourth-order valence-electron chi connectivity index (χ4n) is 2.79. The van der Waals surface area contributed by atoms with Gasteiger partial charge in [0, 0.05) is 44.6 Å². The molecule has 0 unspecified atom stereocenters. The molecule has 0 N–H and O–H groups in total. The van der Waals surface area contributed by atoms with E-state index >= 15 is 0 Å². The quantitative estimate of drug-likeness (QED) is 0.841. The standard InChI is InChI=1S/C15H22N6O/c1-11(2)10-19-6-8-20(9-7-19)14(22)13-17-15-16-5-4-12(3)21(15)18-13/h4-5,11H,6-10H2,1-3H3. The zero-order valence-corrected chi connectivity index (χ0v) is 13.4. The molecule has 1 fully saturated rings. The lowest BCUT2D eigenvalue weighted by atomic mass is 10.2. The van der Waals surface area contributed by atoms with Crippen molar-refractivity contribution in [1.82, 2.24) is 29.4 Å². The SMILES string of the molecule is Cc1ccnc2nc(C(=O)N3CCN(CC(C)C)CC3)nn12. The van der Waals surface area contributed by atoms with Gasteiger partial charge in [0.2, 0.25) is 5.82 Å². The maximum atomic E-state index is 12.6. The van der Waals surface area contributed by atoms with E-state index in [2.05, 4.69) is 33.8 Å². The molecule has 2 aromatic heterocycles. The van der Waals surface area contributed by atoms with Crippen LogP contribution in [0.15, 0.2) is 12.3 Å². The summed E-state index contributed by atoms with van der Waals surface area (Å²) in [6.07, 6.45) is 1.68. The maximum absolute atomic E-state index is 12.6. The van der Waals surface area contributed by atoms with E-state index in [0.717, 1.165) is 38.4 Å². The van der Waals surface area contributed by atoms with Gasteiger partial charge in [-0.1, -0.05) is 13.8 Å². The molecule has 0 radical (unpaired) electrons. The van der Waals surface area contributed by atoms with Crippen LogP contribution in [-0.4, -0.2) is 68.0 Å². The topological polar surface area (TPSA) is 66.6 Å². The molecular weight excluding hydrogens is 280 g/mol. The zero-order chi connectivity index (χ0) is 15.7. The first-order valence-electron chi connectivity index (χ1n) is 7.74. The molecule has 1 aliphatic rings. The minimum absolute atomic E-state index is 0.103. The number of nitrogens with zero attached hydrogens (tertiary/aromatic N) is 6. The molecule has 2 aromatic rings. The summed E-state index contributed by atoms with van der Waals surface area (Å²) in [6, 6.07) is 1.85. The van der Waals surface area contributed by atoms with Gasteiger partial charge in [-0.3, -0.25) is 9.69 Å². The Morgan fingerprint density at radius 2 is 2.00 bits per heavy atom. The largest absolute Gasteiger partial charge is 0.333 e. The Morgan fingerprint density at radius 1 is 1.27 bits per heavy atom. The van der Waals surface area contributed by atoms with Crippen molar-refractivity contribution in [1.29, 1.82) is 0 Å². The van der Waals surface area contributed by atoms with Gasteiger partial charge in [0.15, 0.2) is 0 Å². The Balaban J connectivity index is 1.70. The third kappa shape index (κ3) is 2.94. The molecule has 1 saturated heterocycles. The van der Waals surface area contributed by atoms with Crippen LogP contribution in [0.3, 0.4) is 0 Å². The van der Waals surface area contributed by atoms with Crippen LogP contribution in [-0.2, 0) is 0 Å². The second kappa shape index (κ2) is 6.00. The molecule has 0 spiro atoms. The predicted molar refractivity (Wildman–Crippen MR) is 82.7 cm³/mol. The van der Waals surface area contributed by atoms with E-state index in [1.54, 1.807) is 10.7 Å². The fourth-order valence-corrected chi connectivity index (χ4v) is 2.79. The number of fused-ring (bicyclic) bond motifs is 1. The summed E-state index contributed by atoms with van der Waals surface area (Å²) >= 11 is 0. The van der Waals surface area contributed by atoms with Crippen molar-refractivity contribution in [3.63, 3.8) is 0 Å². The molecule has 118 valence electrons. The monoisotopic (exact) mass is 302 g/mol. The van der Waals surface area contributed by atoms with Crippen LogP contribution in [0.2, 0.25) is 0 Å².